The molecule has 0 rings (SSSR count). The number of hydrogen-bond donors (Lipinski definition) is 3. The number of carbonyl (C=O) groups excluding carboxylic acids is 1. The second-order valence-corrected chi connectivity index (χ2v) is 3.60. The highest BCUT2D eigenvalue weighted by molar-refractivity contribution is 7.80. The fourth-order valence-corrected chi connectivity index (χ4v) is 0.971. The lowest BCUT2D eigenvalue weighted by molar-refractivity contribution is -0.121. The van der Waals surface area contributed by atoms with Crippen molar-refractivity contribution in [2.45, 2.75) is 31.7 Å². The summed E-state index contributed by atoms with van der Waals surface area (Å²) in [6, 6.07) is 0. The average Bonchev–Trinajstić information content (AvgIpc) is 2.02. The van der Waals surface area contributed by atoms with Gasteiger partial charge in [-0.3, -0.25) is 4.79 Å². The molecule has 3 unspecified atom stereocenters. The maximum atomic E-state index is 10.8. The van der Waals surface area contributed by atoms with Crippen LogP contribution in [0, 0.1) is 5.92 Å². The van der Waals surface area contributed by atoms with E-state index in [1.54, 1.807) is 7.05 Å². The fraction of sp³-hybridized carbons (Fsp3) is 0.875. The van der Waals surface area contributed by atoms with Gasteiger partial charge in [-0.25, -0.2) is 0 Å². The van der Waals surface area contributed by atoms with Crippen LogP contribution in [0.1, 0.15) is 20.3 Å². The van der Waals surface area contributed by atoms with Crippen molar-refractivity contribution in [3.8, 4) is 0 Å². The first kappa shape index (κ1) is 11.9. The minimum atomic E-state index is -0.572. The van der Waals surface area contributed by atoms with Gasteiger partial charge in [0, 0.05) is 5.92 Å². The van der Waals surface area contributed by atoms with Crippen LogP contribution in [0.3, 0.4) is 0 Å². The molecule has 2 N–H and O–H groups in total. The van der Waals surface area contributed by atoms with Crippen LogP contribution in [0.2, 0.25) is 0 Å². The molecule has 0 saturated heterocycles. The molecule has 12 heavy (non-hydrogen) atoms. The van der Waals surface area contributed by atoms with Gasteiger partial charge in [0.25, 0.3) is 0 Å². The van der Waals surface area contributed by atoms with Gasteiger partial charge in [-0.1, -0.05) is 6.92 Å². The Morgan fingerprint density at radius 2 is 2.17 bits per heavy atom. The van der Waals surface area contributed by atoms with Gasteiger partial charge in [-0.2, -0.15) is 12.6 Å². The van der Waals surface area contributed by atoms with Crippen molar-refractivity contribution in [2.75, 3.05) is 7.05 Å². The summed E-state index contributed by atoms with van der Waals surface area (Å²) in [7, 11) is 1.72. The number of likely N-dealkylation sites (N-methyl/N-ethyl adjacent to an activating group) is 1. The standard InChI is InChI=1S/C8H17NO2S/c1-5(6(2)10)4-7(11)8(12)9-3/h5,7-9,11-12H,4H2,1-3H3. The second kappa shape index (κ2) is 5.56. The number of nitrogens with one attached hydrogen (secondary N) is 1. The van der Waals surface area contributed by atoms with Crippen LogP contribution in [0.15, 0.2) is 0 Å². The van der Waals surface area contributed by atoms with E-state index >= 15 is 0 Å². The number of aliphatic hydroxyl groups is 1. The predicted octanol–water partition coefficient (Wildman–Crippen LogP) is 0.438. The zero-order chi connectivity index (χ0) is 9.72. The quantitative estimate of drug-likeness (QED) is 0.436. The summed E-state index contributed by atoms with van der Waals surface area (Å²) in [6.07, 6.45) is -0.109. The number of thiol groups is 1. The van der Waals surface area contributed by atoms with Crippen molar-refractivity contribution >= 4 is 18.4 Å². The van der Waals surface area contributed by atoms with Crippen LogP contribution >= 0.6 is 12.6 Å². The van der Waals surface area contributed by atoms with E-state index in [9.17, 15) is 9.90 Å². The molecule has 0 radical (unpaired) electrons. The molecule has 3 nitrogen and oxygen atoms in total. The molecule has 0 spiro atoms. The van der Waals surface area contributed by atoms with E-state index in [1.165, 1.54) is 6.92 Å². The van der Waals surface area contributed by atoms with Gasteiger partial charge < -0.3 is 10.4 Å². The molecule has 0 aromatic carbocycles. The molecule has 0 amide bonds. The fourth-order valence-electron chi connectivity index (χ4n) is 0.849. The third kappa shape index (κ3) is 4.09. The summed E-state index contributed by atoms with van der Waals surface area (Å²) >= 11 is 4.10. The van der Waals surface area contributed by atoms with Gasteiger partial charge in [0.2, 0.25) is 0 Å². The van der Waals surface area contributed by atoms with Crippen molar-refractivity contribution in [3.05, 3.63) is 0 Å². The third-order valence-corrected chi connectivity index (χ3v) is 2.55. The van der Waals surface area contributed by atoms with Crippen molar-refractivity contribution in [1.29, 1.82) is 0 Å². The van der Waals surface area contributed by atoms with Gasteiger partial charge in [0.1, 0.15) is 5.78 Å². The van der Waals surface area contributed by atoms with Crippen molar-refractivity contribution < 1.29 is 9.90 Å². The molecule has 0 saturated carbocycles. The van der Waals surface area contributed by atoms with E-state index in [-0.39, 0.29) is 17.1 Å². The smallest absolute Gasteiger partial charge is 0.132 e. The molecule has 0 aromatic rings. The molecule has 0 bridgehead atoms. The minimum absolute atomic E-state index is 0.0944. The highest BCUT2D eigenvalue weighted by Crippen LogP contribution is 2.11. The highest BCUT2D eigenvalue weighted by Gasteiger charge is 2.18. The Bertz CT molecular complexity index is 152. The summed E-state index contributed by atoms with van der Waals surface area (Å²) in [6.45, 7) is 3.34. The van der Waals surface area contributed by atoms with Gasteiger partial charge >= 0.3 is 0 Å². The lowest BCUT2D eigenvalue weighted by atomic mass is 10.00. The molecule has 0 fully saturated rings. The van der Waals surface area contributed by atoms with Gasteiger partial charge in [0.05, 0.1) is 11.5 Å². The highest BCUT2D eigenvalue weighted by atomic mass is 32.1. The average molecular weight is 191 g/mol. The van der Waals surface area contributed by atoms with Crippen LogP contribution in [-0.2, 0) is 4.79 Å². The van der Waals surface area contributed by atoms with E-state index in [2.05, 4.69) is 17.9 Å². The molecule has 0 heterocycles. The van der Waals surface area contributed by atoms with E-state index in [4.69, 9.17) is 0 Å². The lowest BCUT2D eigenvalue weighted by Gasteiger charge is -2.19. The topological polar surface area (TPSA) is 49.3 Å². The summed E-state index contributed by atoms with van der Waals surface area (Å²) < 4.78 is 0. The summed E-state index contributed by atoms with van der Waals surface area (Å²) in [5, 5.41) is 12.0. The second-order valence-electron chi connectivity index (χ2n) is 3.05. The Morgan fingerprint density at radius 1 is 1.67 bits per heavy atom. The molecule has 0 aliphatic heterocycles. The van der Waals surface area contributed by atoms with Crippen LogP contribution in [-0.4, -0.2) is 29.4 Å². The summed E-state index contributed by atoms with van der Waals surface area (Å²) in [5.74, 6) is 0.00804. The molecule has 0 aromatic heterocycles. The van der Waals surface area contributed by atoms with Crippen LogP contribution in [0.25, 0.3) is 0 Å². The van der Waals surface area contributed by atoms with E-state index in [0.717, 1.165) is 0 Å². The molecular weight excluding hydrogens is 174 g/mol. The normalized spacial score (nSPS) is 18.4. The Labute approximate surface area is 79.0 Å². The molecule has 72 valence electrons. The Kier molecular flexibility index (Phi) is 5.53. The Balaban J connectivity index is 3.83. The van der Waals surface area contributed by atoms with E-state index < -0.39 is 6.10 Å². The zero-order valence-corrected chi connectivity index (χ0v) is 8.64. The predicted molar refractivity (Wildman–Crippen MR) is 52.3 cm³/mol. The first-order chi connectivity index (χ1) is 5.49. The summed E-state index contributed by atoms with van der Waals surface area (Å²) in [4.78, 5) is 10.8. The van der Waals surface area contributed by atoms with Gasteiger partial charge in [-0.15, -0.1) is 0 Å². The summed E-state index contributed by atoms with van der Waals surface area (Å²) in [5.41, 5.74) is 0. The van der Waals surface area contributed by atoms with Gasteiger partial charge in [-0.05, 0) is 20.4 Å². The molecule has 3 atom stereocenters. The monoisotopic (exact) mass is 191 g/mol. The number of ketones is 1. The maximum Gasteiger partial charge on any atom is 0.132 e. The molecule has 4 heteroatoms. The van der Waals surface area contributed by atoms with Crippen LogP contribution in [0.5, 0.6) is 0 Å². The minimum Gasteiger partial charge on any atom is -0.391 e. The van der Waals surface area contributed by atoms with E-state index in [1.807, 2.05) is 6.92 Å². The third-order valence-electron chi connectivity index (χ3n) is 1.95. The first-order valence-corrected chi connectivity index (χ1v) is 4.54. The number of aliphatic hydroxyl groups excluding tert-OH is 1. The molecular formula is C8H17NO2S. The first-order valence-electron chi connectivity index (χ1n) is 4.03. The number of rotatable bonds is 5. The molecule has 0 aliphatic rings. The number of carbonyl (C=O) groups is 1. The SMILES string of the molecule is CNC(S)C(O)CC(C)C(C)=O. The van der Waals surface area contributed by atoms with Crippen molar-refractivity contribution in [2.24, 2.45) is 5.92 Å². The lowest BCUT2D eigenvalue weighted by Crippen LogP contribution is -2.34. The van der Waals surface area contributed by atoms with Crippen LogP contribution in [0.4, 0.5) is 0 Å². The van der Waals surface area contributed by atoms with Crippen LogP contribution < -0.4 is 5.32 Å². The maximum absolute atomic E-state index is 10.8. The Hall–Kier alpha value is -0.0600. The Morgan fingerprint density at radius 3 is 2.50 bits per heavy atom. The largest absolute Gasteiger partial charge is 0.391 e. The molecule has 0 aliphatic carbocycles. The zero-order valence-electron chi connectivity index (χ0n) is 7.74. The number of Topliss-reactive ketones (excluding diaryl/α,β-unsaturated/α-hetero) is 1. The van der Waals surface area contributed by atoms with Crippen molar-refractivity contribution in [1.82, 2.24) is 5.32 Å². The van der Waals surface area contributed by atoms with Crippen molar-refractivity contribution in [3.63, 3.8) is 0 Å². The van der Waals surface area contributed by atoms with Gasteiger partial charge in [0.15, 0.2) is 0 Å². The number of hydrogen-bond acceptors (Lipinski definition) is 4. The van der Waals surface area contributed by atoms with E-state index in [0.29, 0.717) is 6.42 Å².